The van der Waals surface area contributed by atoms with E-state index in [2.05, 4.69) is 16.3 Å². The smallest absolute Gasteiger partial charge is 0.123 e. The van der Waals surface area contributed by atoms with Gasteiger partial charge in [-0.3, -0.25) is 4.90 Å². The summed E-state index contributed by atoms with van der Waals surface area (Å²) in [6.45, 7) is 1.50. The summed E-state index contributed by atoms with van der Waals surface area (Å²) in [5.41, 5.74) is 2.78. The number of aromatic hydroxyl groups is 1. The minimum Gasteiger partial charge on any atom is -0.508 e. The maximum Gasteiger partial charge on any atom is 0.123 e. The molecule has 3 rings (SSSR count). The van der Waals surface area contributed by atoms with Crippen LogP contribution in [0.3, 0.4) is 0 Å². The number of thiophene rings is 1. The van der Waals surface area contributed by atoms with Gasteiger partial charge in [-0.1, -0.05) is 24.3 Å². The van der Waals surface area contributed by atoms with Gasteiger partial charge in [-0.25, -0.2) is 4.39 Å². The molecule has 2 nitrogen and oxygen atoms in total. The van der Waals surface area contributed by atoms with E-state index in [1.807, 2.05) is 25.2 Å². The number of phenolic OH excluding ortho intramolecular Hbond substituents is 1. The average molecular weight is 327 g/mol. The van der Waals surface area contributed by atoms with Crippen LogP contribution >= 0.6 is 11.3 Å². The summed E-state index contributed by atoms with van der Waals surface area (Å²) >= 11 is 1.73. The van der Waals surface area contributed by atoms with E-state index < -0.39 is 0 Å². The van der Waals surface area contributed by atoms with Gasteiger partial charge in [0.05, 0.1) is 0 Å². The SMILES string of the molecule is CN(Cc1cccs1)Cc1cc(-c2ccc(F)cc2)ccc1O. The number of nitrogens with zero attached hydrogens (tertiary/aromatic N) is 1. The van der Waals surface area contributed by atoms with E-state index in [1.165, 1.54) is 17.0 Å². The van der Waals surface area contributed by atoms with Crippen LogP contribution in [0.25, 0.3) is 11.1 Å². The third-order valence-corrected chi connectivity index (χ3v) is 4.56. The highest BCUT2D eigenvalue weighted by atomic mass is 32.1. The molecule has 1 aromatic heterocycles. The van der Waals surface area contributed by atoms with Crippen LogP contribution in [-0.2, 0) is 13.1 Å². The first kappa shape index (κ1) is 15.7. The van der Waals surface area contributed by atoms with Crippen LogP contribution in [0, 0.1) is 5.82 Å². The lowest BCUT2D eigenvalue weighted by Gasteiger charge is -2.17. The van der Waals surface area contributed by atoms with E-state index in [9.17, 15) is 9.50 Å². The molecule has 0 saturated carbocycles. The fraction of sp³-hybridized carbons (Fsp3) is 0.158. The van der Waals surface area contributed by atoms with Gasteiger partial charge in [0.2, 0.25) is 0 Å². The highest BCUT2D eigenvalue weighted by molar-refractivity contribution is 7.09. The van der Waals surface area contributed by atoms with Crippen LogP contribution in [0.4, 0.5) is 4.39 Å². The Kier molecular flexibility index (Phi) is 4.74. The zero-order valence-corrected chi connectivity index (χ0v) is 13.7. The van der Waals surface area contributed by atoms with Gasteiger partial charge in [0.15, 0.2) is 0 Å². The Hall–Kier alpha value is -2.17. The number of rotatable bonds is 5. The summed E-state index contributed by atoms with van der Waals surface area (Å²) < 4.78 is 13.1. The summed E-state index contributed by atoms with van der Waals surface area (Å²) in [7, 11) is 2.03. The Labute approximate surface area is 139 Å². The van der Waals surface area contributed by atoms with Gasteiger partial charge in [-0.05, 0) is 53.9 Å². The highest BCUT2D eigenvalue weighted by Crippen LogP contribution is 2.27. The Morgan fingerprint density at radius 1 is 1.00 bits per heavy atom. The molecule has 3 aromatic rings. The second-order valence-electron chi connectivity index (χ2n) is 5.60. The molecule has 23 heavy (non-hydrogen) atoms. The van der Waals surface area contributed by atoms with E-state index in [4.69, 9.17) is 0 Å². The van der Waals surface area contributed by atoms with Crippen molar-refractivity contribution in [2.75, 3.05) is 7.05 Å². The maximum atomic E-state index is 13.1. The summed E-state index contributed by atoms with van der Waals surface area (Å²) in [5, 5.41) is 12.2. The van der Waals surface area contributed by atoms with Crippen LogP contribution in [0.2, 0.25) is 0 Å². The van der Waals surface area contributed by atoms with Crippen molar-refractivity contribution in [2.24, 2.45) is 0 Å². The van der Waals surface area contributed by atoms with Crippen LogP contribution in [0.15, 0.2) is 60.0 Å². The molecule has 118 valence electrons. The van der Waals surface area contributed by atoms with Crippen molar-refractivity contribution in [3.8, 4) is 16.9 Å². The van der Waals surface area contributed by atoms with Crippen molar-refractivity contribution >= 4 is 11.3 Å². The first-order valence-corrected chi connectivity index (χ1v) is 8.28. The molecule has 0 bridgehead atoms. The van der Waals surface area contributed by atoms with Crippen molar-refractivity contribution in [3.05, 3.63) is 76.2 Å². The van der Waals surface area contributed by atoms with Crippen molar-refractivity contribution in [1.29, 1.82) is 0 Å². The second-order valence-corrected chi connectivity index (χ2v) is 6.63. The normalized spacial score (nSPS) is 11.1. The van der Waals surface area contributed by atoms with Crippen molar-refractivity contribution in [2.45, 2.75) is 13.1 Å². The first-order chi connectivity index (χ1) is 11.1. The summed E-state index contributed by atoms with van der Waals surface area (Å²) in [5.74, 6) is 0.0392. The Balaban J connectivity index is 1.78. The standard InChI is InChI=1S/C19H18FNOS/c1-21(13-18-3-2-10-23-18)12-16-11-15(6-9-19(16)22)14-4-7-17(20)8-5-14/h2-11,22H,12-13H2,1H3. The predicted molar refractivity (Wildman–Crippen MR) is 93.0 cm³/mol. The van der Waals surface area contributed by atoms with Crippen LogP contribution in [-0.4, -0.2) is 17.1 Å². The molecule has 0 aliphatic rings. The summed E-state index contributed by atoms with van der Waals surface area (Å²) in [6.07, 6.45) is 0. The molecule has 0 fully saturated rings. The molecule has 0 radical (unpaired) electrons. The quantitative estimate of drug-likeness (QED) is 0.721. The number of halogens is 1. The molecule has 0 unspecified atom stereocenters. The van der Waals surface area contributed by atoms with Gasteiger partial charge in [0, 0.05) is 23.5 Å². The minimum absolute atomic E-state index is 0.247. The zero-order valence-electron chi connectivity index (χ0n) is 12.9. The Morgan fingerprint density at radius 3 is 2.43 bits per heavy atom. The largest absolute Gasteiger partial charge is 0.508 e. The third kappa shape index (κ3) is 3.97. The van der Waals surface area contributed by atoms with E-state index in [1.54, 1.807) is 29.5 Å². The molecule has 0 saturated heterocycles. The molecule has 0 aliphatic heterocycles. The van der Waals surface area contributed by atoms with Crippen molar-refractivity contribution < 1.29 is 9.50 Å². The average Bonchev–Trinajstić information content (AvgIpc) is 3.03. The minimum atomic E-state index is -0.247. The van der Waals surface area contributed by atoms with Gasteiger partial charge in [0.1, 0.15) is 11.6 Å². The molecule has 2 aromatic carbocycles. The molecule has 0 atom stereocenters. The van der Waals surface area contributed by atoms with Gasteiger partial charge < -0.3 is 5.11 Å². The zero-order chi connectivity index (χ0) is 16.2. The number of phenols is 1. The monoisotopic (exact) mass is 327 g/mol. The Bertz CT molecular complexity index is 769. The topological polar surface area (TPSA) is 23.5 Å². The number of hydrogen-bond donors (Lipinski definition) is 1. The van der Waals surface area contributed by atoms with Crippen LogP contribution in [0.5, 0.6) is 5.75 Å². The fourth-order valence-electron chi connectivity index (χ4n) is 2.55. The third-order valence-electron chi connectivity index (χ3n) is 3.70. The van der Waals surface area contributed by atoms with Gasteiger partial charge in [0.25, 0.3) is 0 Å². The first-order valence-electron chi connectivity index (χ1n) is 7.40. The lowest BCUT2D eigenvalue weighted by Crippen LogP contribution is -2.16. The molecule has 1 heterocycles. The summed E-state index contributed by atoms with van der Waals surface area (Å²) in [6, 6.07) is 16.1. The second kappa shape index (κ2) is 6.94. The fourth-order valence-corrected chi connectivity index (χ4v) is 3.33. The van der Waals surface area contributed by atoms with E-state index in [0.29, 0.717) is 6.54 Å². The molecular formula is C19H18FNOS. The van der Waals surface area contributed by atoms with Crippen molar-refractivity contribution in [1.82, 2.24) is 4.90 Å². The number of benzene rings is 2. The number of hydrogen-bond acceptors (Lipinski definition) is 3. The molecule has 0 spiro atoms. The van der Waals surface area contributed by atoms with Gasteiger partial charge in [-0.2, -0.15) is 0 Å². The lowest BCUT2D eigenvalue weighted by molar-refractivity contribution is 0.315. The molecule has 0 amide bonds. The molecule has 1 N–H and O–H groups in total. The predicted octanol–water partition coefficient (Wildman–Crippen LogP) is 4.89. The van der Waals surface area contributed by atoms with Gasteiger partial charge in [-0.15, -0.1) is 11.3 Å². The molecule has 0 aliphatic carbocycles. The molecule has 4 heteroatoms. The van der Waals surface area contributed by atoms with Crippen LogP contribution in [0.1, 0.15) is 10.4 Å². The van der Waals surface area contributed by atoms with E-state index in [-0.39, 0.29) is 11.6 Å². The maximum absolute atomic E-state index is 13.1. The summed E-state index contributed by atoms with van der Waals surface area (Å²) in [4.78, 5) is 3.46. The van der Waals surface area contributed by atoms with Crippen LogP contribution < -0.4 is 0 Å². The Morgan fingerprint density at radius 2 is 1.74 bits per heavy atom. The van der Waals surface area contributed by atoms with Gasteiger partial charge >= 0.3 is 0 Å². The lowest BCUT2D eigenvalue weighted by atomic mass is 10.0. The van der Waals surface area contributed by atoms with E-state index in [0.717, 1.165) is 23.2 Å². The van der Waals surface area contributed by atoms with Crippen molar-refractivity contribution in [3.63, 3.8) is 0 Å². The highest BCUT2D eigenvalue weighted by Gasteiger charge is 2.09. The van der Waals surface area contributed by atoms with E-state index >= 15 is 0 Å². The molecular weight excluding hydrogens is 309 g/mol.